The zero-order chi connectivity index (χ0) is 19.9. The molecule has 0 aromatic heterocycles. The van der Waals surface area contributed by atoms with E-state index in [4.69, 9.17) is 9.47 Å². The standard InChI is InChI=1S/C22H38O6/c23-21(25-19-15-11-7-3-1-4-8-12-16-19)27-28-22(24)26-20-17-13-9-5-2-6-10-14-18-20/h19-20H,1-18H2. The molecule has 162 valence electrons. The maximum absolute atomic E-state index is 11.9. The second-order valence-corrected chi connectivity index (χ2v) is 8.25. The van der Waals surface area contributed by atoms with Gasteiger partial charge in [0.15, 0.2) is 0 Å². The Morgan fingerprint density at radius 3 is 0.964 bits per heavy atom. The molecule has 6 heteroatoms. The van der Waals surface area contributed by atoms with Crippen LogP contribution in [0.4, 0.5) is 9.59 Å². The van der Waals surface area contributed by atoms with Gasteiger partial charge in [0, 0.05) is 0 Å². The van der Waals surface area contributed by atoms with E-state index in [2.05, 4.69) is 9.78 Å². The van der Waals surface area contributed by atoms with Crippen LogP contribution in [0.15, 0.2) is 0 Å². The lowest BCUT2D eigenvalue weighted by Gasteiger charge is -2.19. The predicted octanol–water partition coefficient (Wildman–Crippen LogP) is 6.99. The van der Waals surface area contributed by atoms with Gasteiger partial charge in [0.05, 0.1) is 0 Å². The normalized spacial score (nSPS) is 21.9. The molecule has 2 rings (SSSR count). The zero-order valence-electron chi connectivity index (χ0n) is 17.3. The molecule has 2 aliphatic rings. The van der Waals surface area contributed by atoms with Gasteiger partial charge >= 0.3 is 12.3 Å². The van der Waals surface area contributed by atoms with E-state index < -0.39 is 12.3 Å². The summed E-state index contributed by atoms with van der Waals surface area (Å²) in [6, 6.07) is 0. The number of rotatable bonds is 2. The Morgan fingerprint density at radius 1 is 0.429 bits per heavy atom. The Kier molecular flexibility index (Phi) is 11.8. The highest BCUT2D eigenvalue weighted by Crippen LogP contribution is 2.21. The molecule has 6 nitrogen and oxygen atoms in total. The summed E-state index contributed by atoms with van der Waals surface area (Å²) in [4.78, 5) is 32.8. The summed E-state index contributed by atoms with van der Waals surface area (Å²) < 4.78 is 10.7. The Labute approximate surface area is 169 Å². The fourth-order valence-electron chi connectivity index (χ4n) is 4.16. The van der Waals surface area contributed by atoms with Gasteiger partial charge in [0.1, 0.15) is 12.2 Å². The zero-order valence-corrected chi connectivity index (χ0v) is 17.3. The van der Waals surface area contributed by atoms with Gasteiger partial charge < -0.3 is 9.47 Å². The quantitative estimate of drug-likeness (QED) is 0.283. The van der Waals surface area contributed by atoms with E-state index in [9.17, 15) is 9.59 Å². The van der Waals surface area contributed by atoms with Crippen molar-refractivity contribution in [1.82, 2.24) is 0 Å². The lowest BCUT2D eigenvalue weighted by molar-refractivity contribution is -0.225. The van der Waals surface area contributed by atoms with Crippen LogP contribution in [0, 0.1) is 0 Å². The molecule has 2 aliphatic carbocycles. The highest BCUT2D eigenvalue weighted by molar-refractivity contribution is 5.63. The van der Waals surface area contributed by atoms with E-state index in [-0.39, 0.29) is 12.2 Å². The van der Waals surface area contributed by atoms with Crippen molar-refractivity contribution in [2.45, 2.75) is 128 Å². The van der Waals surface area contributed by atoms with Gasteiger partial charge in [-0.2, -0.15) is 19.4 Å². The van der Waals surface area contributed by atoms with Crippen molar-refractivity contribution < 1.29 is 28.8 Å². The molecular weight excluding hydrogens is 360 g/mol. The van der Waals surface area contributed by atoms with Crippen molar-refractivity contribution in [3.05, 3.63) is 0 Å². The molecule has 0 unspecified atom stereocenters. The van der Waals surface area contributed by atoms with E-state index in [0.29, 0.717) is 0 Å². The van der Waals surface area contributed by atoms with E-state index in [0.717, 1.165) is 51.4 Å². The number of carbonyl (C=O) groups excluding carboxylic acids is 2. The first-order chi connectivity index (χ1) is 13.7. The van der Waals surface area contributed by atoms with Gasteiger partial charge in [-0.3, -0.25) is 0 Å². The van der Waals surface area contributed by atoms with Crippen LogP contribution in [-0.2, 0) is 19.2 Å². The van der Waals surface area contributed by atoms with Gasteiger partial charge in [-0.15, -0.1) is 0 Å². The lowest BCUT2D eigenvalue weighted by Crippen LogP contribution is -2.23. The van der Waals surface area contributed by atoms with Crippen molar-refractivity contribution in [2.75, 3.05) is 0 Å². The van der Waals surface area contributed by atoms with Crippen LogP contribution in [0.2, 0.25) is 0 Å². The van der Waals surface area contributed by atoms with Gasteiger partial charge in [-0.1, -0.05) is 64.2 Å². The maximum atomic E-state index is 11.9. The van der Waals surface area contributed by atoms with Crippen molar-refractivity contribution in [2.24, 2.45) is 0 Å². The van der Waals surface area contributed by atoms with Crippen LogP contribution in [0.5, 0.6) is 0 Å². The highest BCUT2D eigenvalue weighted by Gasteiger charge is 2.21. The minimum atomic E-state index is -0.954. The van der Waals surface area contributed by atoms with Crippen molar-refractivity contribution in [3.8, 4) is 0 Å². The van der Waals surface area contributed by atoms with Crippen LogP contribution >= 0.6 is 0 Å². The predicted molar refractivity (Wildman–Crippen MR) is 106 cm³/mol. The molecule has 2 fully saturated rings. The second kappa shape index (κ2) is 14.5. The summed E-state index contributed by atoms with van der Waals surface area (Å²) in [5.74, 6) is 0. The molecule has 0 spiro atoms. The third-order valence-corrected chi connectivity index (χ3v) is 5.81. The first-order valence-electron chi connectivity index (χ1n) is 11.5. The number of carbonyl (C=O) groups is 2. The molecule has 0 aromatic rings. The molecular formula is C22H38O6. The van der Waals surface area contributed by atoms with E-state index in [1.807, 2.05) is 0 Å². The smallest absolute Gasteiger partial charge is 0.428 e. The van der Waals surface area contributed by atoms with Crippen LogP contribution < -0.4 is 0 Å². The molecule has 0 radical (unpaired) electrons. The lowest BCUT2D eigenvalue weighted by atomic mass is 9.99. The summed E-state index contributed by atoms with van der Waals surface area (Å²) >= 11 is 0. The Hall–Kier alpha value is -1.46. The molecule has 0 saturated heterocycles. The molecule has 0 atom stereocenters. The average Bonchev–Trinajstić information content (AvgIpc) is 2.70. The average molecular weight is 399 g/mol. The fourth-order valence-corrected chi connectivity index (χ4v) is 4.16. The van der Waals surface area contributed by atoms with Crippen LogP contribution in [-0.4, -0.2) is 24.5 Å². The maximum Gasteiger partial charge on any atom is 0.550 e. The van der Waals surface area contributed by atoms with Gasteiger partial charge in [-0.05, 0) is 51.4 Å². The molecule has 0 aliphatic heterocycles. The van der Waals surface area contributed by atoms with E-state index in [1.165, 1.54) is 64.2 Å². The number of hydrogen-bond acceptors (Lipinski definition) is 6. The third kappa shape index (κ3) is 10.8. The van der Waals surface area contributed by atoms with Crippen molar-refractivity contribution in [3.63, 3.8) is 0 Å². The molecule has 2 saturated carbocycles. The summed E-state index contributed by atoms with van der Waals surface area (Å²) in [5.41, 5.74) is 0. The topological polar surface area (TPSA) is 71.1 Å². The van der Waals surface area contributed by atoms with Crippen LogP contribution in [0.1, 0.15) is 116 Å². The molecule has 0 amide bonds. The SMILES string of the molecule is O=C(OOC(=O)OC1CCCCCCCCC1)OC1CCCCCCCCC1. The molecule has 0 heterocycles. The van der Waals surface area contributed by atoms with Crippen LogP contribution in [0.3, 0.4) is 0 Å². The minimum absolute atomic E-state index is 0.163. The molecule has 0 N–H and O–H groups in total. The molecule has 0 aromatic carbocycles. The molecule has 0 bridgehead atoms. The number of hydrogen-bond donors (Lipinski definition) is 0. The van der Waals surface area contributed by atoms with E-state index in [1.54, 1.807) is 0 Å². The van der Waals surface area contributed by atoms with Gasteiger partial charge in [0.2, 0.25) is 0 Å². The monoisotopic (exact) mass is 398 g/mol. The highest BCUT2D eigenvalue weighted by atomic mass is 17.3. The largest absolute Gasteiger partial charge is 0.550 e. The summed E-state index contributed by atoms with van der Waals surface area (Å²) in [6.07, 6.45) is 17.5. The Balaban J connectivity index is 1.64. The minimum Gasteiger partial charge on any atom is -0.428 e. The number of ether oxygens (including phenoxy) is 2. The van der Waals surface area contributed by atoms with Crippen LogP contribution in [0.25, 0.3) is 0 Å². The Morgan fingerprint density at radius 2 is 0.679 bits per heavy atom. The fraction of sp³-hybridized carbons (Fsp3) is 0.909. The third-order valence-electron chi connectivity index (χ3n) is 5.81. The summed E-state index contributed by atoms with van der Waals surface area (Å²) in [6.45, 7) is 0. The molecule has 28 heavy (non-hydrogen) atoms. The summed E-state index contributed by atoms with van der Waals surface area (Å²) in [7, 11) is 0. The second-order valence-electron chi connectivity index (χ2n) is 8.25. The van der Waals surface area contributed by atoms with Crippen molar-refractivity contribution >= 4 is 12.3 Å². The van der Waals surface area contributed by atoms with Crippen molar-refractivity contribution in [1.29, 1.82) is 0 Å². The van der Waals surface area contributed by atoms with Gasteiger partial charge in [-0.25, -0.2) is 0 Å². The first-order valence-corrected chi connectivity index (χ1v) is 11.5. The summed E-state index contributed by atoms with van der Waals surface area (Å²) in [5, 5.41) is 0. The Bertz CT molecular complexity index is 379. The van der Waals surface area contributed by atoms with Gasteiger partial charge in [0.25, 0.3) is 0 Å². The van der Waals surface area contributed by atoms with E-state index >= 15 is 0 Å². The first kappa shape index (κ1) is 22.8.